The Bertz CT molecular complexity index is 1000. The zero-order valence-corrected chi connectivity index (χ0v) is 15.9. The highest BCUT2D eigenvalue weighted by Crippen LogP contribution is 2.27. The van der Waals surface area contributed by atoms with Crippen LogP contribution in [0.4, 0.5) is 5.82 Å². The highest BCUT2D eigenvalue weighted by Gasteiger charge is 2.25. The molecule has 9 nitrogen and oxygen atoms in total. The van der Waals surface area contributed by atoms with E-state index in [4.69, 9.17) is 0 Å². The average molecular weight is 368 g/mol. The van der Waals surface area contributed by atoms with Gasteiger partial charge in [-0.3, -0.25) is 9.69 Å². The number of hydrogen-bond acceptors (Lipinski definition) is 7. The summed E-state index contributed by atoms with van der Waals surface area (Å²) in [5, 5.41) is 17.5. The normalized spacial score (nSPS) is 16.1. The van der Waals surface area contributed by atoms with E-state index in [1.165, 1.54) is 4.68 Å². The predicted octanol–water partition coefficient (Wildman–Crippen LogP) is 0.664. The van der Waals surface area contributed by atoms with Crippen molar-refractivity contribution in [1.29, 1.82) is 0 Å². The van der Waals surface area contributed by atoms with Gasteiger partial charge in [0.2, 0.25) is 0 Å². The van der Waals surface area contributed by atoms with Crippen molar-refractivity contribution in [2.24, 2.45) is 7.05 Å². The van der Waals surface area contributed by atoms with Crippen LogP contribution in [0.1, 0.15) is 30.1 Å². The molecule has 27 heavy (non-hydrogen) atoms. The largest absolute Gasteiger partial charge is 0.361 e. The van der Waals surface area contributed by atoms with Gasteiger partial charge in [0.1, 0.15) is 5.82 Å². The Kier molecular flexibility index (Phi) is 4.61. The van der Waals surface area contributed by atoms with Crippen LogP contribution in [-0.2, 0) is 13.6 Å². The van der Waals surface area contributed by atoms with Crippen molar-refractivity contribution in [1.82, 2.24) is 34.5 Å². The van der Waals surface area contributed by atoms with Crippen LogP contribution in [0.15, 0.2) is 29.2 Å². The summed E-state index contributed by atoms with van der Waals surface area (Å²) in [5.41, 5.74) is 1.67. The predicted molar refractivity (Wildman–Crippen MR) is 102 cm³/mol. The molecule has 0 bridgehead atoms. The third-order valence-corrected chi connectivity index (χ3v) is 5.11. The molecule has 0 unspecified atom stereocenters. The molecule has 0 aliphatic carbocycles. The van der Waals surface area contributed by atoms with E-state index < -0.39 is 0 Å². The molecular formula is C18H24N8O. The SMILES string of the molecule is CN(C)c1ccc2nnc(C3CCN(Cc4cnn(C)c(=O)c4)CC3)n2n1. The minimum Gasteiger partial charge on any atom is -0.361 e. The standard InChI is InChI=1S/C18H24N8O/c1-23(2)16-5-4-15-20-21-18(26(15)22-16)14-6-8-25(9-7-14)12-13-10-17(27)24(3)19-11-13/h4-5,10-11,14H,6-9,12H2,1-3H3. The minimum atomic E-state index is -0.0694. The van der Waals surface area contributed by atoms with Crippen molar-refractivity contribution >= 4 is 11.5 Å². The second-order valence-corrected chi connectivity index (χ2v) is 7.29. The molecule has 1 aliphatic heterocycles. The number of aryl methyl sites for hydroxylation is 1. The number of hydrogen-bond donors (Lipinski definition) is 0. The number of likely N-dealkylation sites (tertiary alicyclic amines) is 1. The topological polar surface area (TPSA) is 84.5 Å². The number of rotatable bonds is 4. The first-order valence-electron chi connectivity index (χ1n) is 9.15. The molecule has 1 saturated heterocycles. The summed E-state index contributed by atoms with van der Waals surface area (Å²) in [4.78, 5) is 16.1. The van der Waals surface area contributed by atoms with E-state index in [1.54, 1.807) is 19.3 Å². The van der Waals surface area contributed by atoms with Gasteiger partial charge in [0.15, 0.2) is 11.5 Å². The fourth-order valence-electron chi connectivity index (χ4n) is 3.49. The molecular weight excluding hydrogens is 344 g/mol. The smallest absolute Gasteiger partial charge is 0.266 e. The Hall–Kier alpha value is -2.81. The van der Waals surface area contributed by atoms with E-state index in [-0.39, 0.29) is 5.56 Å². The summed E-state index contributed by atoms with van der Waals surface area (Å²) in [6.07, 6.45) is 3.76. The van der Waals surface area contributed by atoms with E-state index >= 15 is 0 Å². The molecule has 0 radical (unpaired) electrons. The van der Waals surface area contributed by atoms with Crippen molar-refractivity contribution in [2.45, 2.75) is 25.3 Å². The van der Waals surface area contributed by atoms with Gasteiger partial charge in [-0.15, -0.1) is 15.3 Å². The molecule has 142 valence electrons. The maximum absolute atomic E-state index is 11.7. The van der Waals surface area contributed by atoms with Gasteiger partial charge in [-0.2, -0.15) is 9.61 Å². The quantitative estimate of drug-likeness (QED) is 0.669. The van der Waals surface area contributed by atoms with Crippen molar-refractivity contribution in [2.75, 3.05) is 32.1 Å². The summed E-state index contributed by atoms with van der Waals surface area (Å²) in [7, 11) is 5.61. The van der Waals surface area contributed by atoms with E-state index in [1.807, 2.05) is 35.6 Å². The summed E-state index contributed by atoms with van der Waals surface area (Å²) in [5.74, 6) is 2.16. The monoisotopic (exact) mass is 368 g/mol. The van der Waals surface area contributed by atoms with Crippen LogP contribution < -0.4 is 10.5 Å². The molecule has 4 rings (SSSR count). The lowest BCUT2D eigenvalue weighted by Crippen LogP contribution is -2.33. The zero-order valence-electron chi connectivity index (χ0n) is 15.9. The molecule has 1 aliphatic rings. The molecule has 0 amide bonds. The Morgan fingerprint density at radius 1 is 1.19 bits per heavy atom. The molecule has 3 aromatic heterocycles. The summed E-state index contributed by atoms with van der Waals surface area (Å²) in [6, 6.07) is 5.57. The van der Waals surface area contributed by atoms with Gasteiger partial charge in [0.05, 0.1) is 6.20 Å². The van der Waals surface area contributed by atoms with E-state index in [0.717, 1.165) is 55.3 Å². The van der Waals surface area contributed by atoms with E-state index in [2.05, 4.69) is 25.3 Å². The molecule has 0 N–H and O–H groups in total. The Labute approximate surface area is 157 Å². The van der Waals surface area contributed by atoms with Crippen molar-refractivity contribution in [3.8, 4) is 0 Å². The first-order valence-corrected chi connectivity index (χ1v) is 9.15. The lowest BCUT2D eigenvalue weighted by molar-refractivity contribution is 0.200. The lowest BCUT2D eigenvalue weighted by Gasteiger charge is -2.30. The number of nitrogens with zero attached hydrogens (tertiary/aromatic N) is 8. The third-order valence-electron chi connectivity index (χ3n) is 5.11. The zero-order chi connectivity index (χ0) is 19.0. The van der Waals surface area contributed by atoms with Crippen LogP contribution in [0.25, 0.3) is 5.65 Å². The van der Waals surface area contributed by atoms with Crippen LogP contribution in [0, 0.1) is 0 Å². The highest BCUT2D eigenvalue weighted by molar-refractivity contribution is 5.45. The average Bonchev–Trinajstić information content (AvgIpc) is 3.08. The first kappa shape index (κ1) is 17.6. The number of aromatic nitrogens is 6. The van der Waals surface area contributed by atoms with Crippen LogP contribution in [0.2, 0.25) is 0 Å². The minimum absolute atomic E-state index is 0.0694. The maximum atomic E-state index is 11.7. The molecule has 3 aromatic rings. The summed E-state index contributed by atoms with van der Waals surface area (Å²) < 4.78 is 3.22. The lowest BCUT2D eigenvalue weighted by atomic mass is 9.96. The van der Waals surface area contributed by atoms with Crippen LogP contribution in [0.5, 0.6) is 0 Å². The molecule has 9 heteroatoms. The summed E-state index contributed by atoms with van der Waals surface area (Å²) in [6.45, 7) is 2.64. The van der Waals surface area contributed by atoms with Crippen LogP contribution in [0.3, 0.4) is 0 Å². The first-order chi connectivity index (χ1) is 13.0. The second kappa shape index (κ2) is 7.07. The van der Waals surface area contributed by atoms with Crippen molar-refractivity contribution in [3.05, 3.63) is 46.1 Å². The fraction of sp³-hybridized carbons (Fsp3) is 0.500. The summed E-state index contributed by atoms with van der Waals surface area (Å²) >= 11 is 0. The molecule has 0 saturated carbocycles. The van der Waals surface area contributed by atoms with Gasteiger partial charge in [-0.1, -0.05) is 0 Å². The van der Waals surface area contributed by atoms with Gasteiger partial charge in [0.25, 0.3) is 5.56 Å². The number of anilines is 1. The second-order valence-electron chi connectivity index (χ2n) is 7.29. The Morgan fingerprint density at radius 2 is 1.96 bits per heavy atom. The van der Waals surface area contributed by atoms with Gasteiger partial charge < -0.3 is 4.90 Å². The molecule has 4 heterocycles. The van der Waals surface area contributed by atoms with Gasteiger partial charge in [-0.25, -0.2) is 4.68 Å². The third kappa shape index (κ3) is 3.55. The van der Waals surface area contributed by atoms with E-state index in [9.17, 15) is 4.79 Å². The van der Waals surface area contributed by atoms with Gasteiger partial charge >= 0.3 is 0 Å². The Balaban J connectivity index is 1.46. The van der Waals surface area contributed by atoms with Crippen molar-refractivity contribution in [3.63, 3.8) is 0 Å². The number of fused-ring (bicyclic) bond motifs is 1. The van der Waals surface area contributed by atoms with Crippen LogP contribution >= 0.6 is 0 Å². The molecule has 1 fully saturated rings. The van der Waals surface area contributed by atoms with Gasteiger partial charge in [-0.05, 0) is 43.6 Å². The fourth-order valence-corrected chi connectivity index (χ4v) is 3.49. The number of piperidine rings is 1. The van der Waals surface area contributed by atoms with Gasteiger partial charge in [0, 0.05) is 39.7 Å². The highest BCUT2D eigenvalue weighted by atomic mass is 16.1. The maximum Gasteiger partial charge on any atom is 0.266 e. The van der Waals surface area contributed by atoms with Crippen molar-refractivity contribution < 1.29 is 0 Å². The molecule has 0 aromatic carbocycles. The van der Waals surface area contributed by atoms with Crippen LogP contribution in [-0.4, -0.2) is 61.7 Å². The molecule has 0 spiro atoms. The molecule has 0 atom stereocenters. The Morgan fingerprint density at radius 3 is 2.67 bits per heavy atom. The van der Waals surface area contributed by atoms with E-state index in [0.29, 0.717) is 5.92 Å².